The lowest BCUT2D eigenvalue weighted by atomic mass is 10.3. The van der Waals surface area contributed by atoms with Gasteiger partial charge in [0.25, 0.3) is 6.29 Å². The summed E-state index contributed by atoms with van der Waals surface area (Å²) in [6.45, 7) is -0.570. The Morgan fingerprint density at radius 2 is 1.43 bits per heavy atom. The highest BCUT2D eigenvalue weighted by molar-refractivity contribution is 5.63. The Kier molecular flexibility index (Phi) is 4.98. The van der Waals surface area contributed by atoms with Gasteiger partial charge in [0.05, 0.1) is 0 Å². The molecular weight excluding hydrogens is 277 g/mol. The molecule has 0 saturated carbocycles. The minimum Gasteiger partial charge on any atom is -0.463 e. The van der Waals surface area contributed by atoms with Gasteiger partial charge in [-0.2, -0.15) is 0 Å². The molecule has 0 aromatic heterocycles. The Hall–Kier alpha value is -2.76. The molecule has 5 nitrogen and oxygen atoms in total. The van der Waals surface area contributed by atoms with E-state index in [9.17, 15) is 9.28 Å². The van der Waals surface area contributed by atoms with E-state index in [-0.39, 0.29) is 5.12 Å². The molecule has 0 aliphatic rings. The maximum atomic E-state index is 13.3. The molecule has 0 bridgehead atoms. The van der Waals surface area contributed by atoms with Gasteiger partial charge in [-0.1, -0.05) is 40.9 Å². The van der Waals surface area contributed by atoms with Gasteiger partial charge in [0.1, 0.15) is 18.0 Å². The second-order valence-corrected chi connectivity index (χ2v) is 4.12. The summed E-state index contributed by atoms with van der Waals surface area (Å²) in [7, 11) is 0. The molecule has 6 heteroatoms. The van der Waals surface area contributed by atoms with Gasteiger partial charge >= 0.3 is 6.09 Å². The number of benzene rings is 2. The monoisotopic (exact) mass is 291 g/mol. The van der Waals surface area contributed by atoms with E-state index in [0.29, 0.717) is 11.5 Å². The third-order valence-electron chi connectivity index (χ3n) is 2.54. The molecule has 2 aromatic rings. The quantitative estimate of drug-likeness (QED) is 0.655. The Balaban J connectivity index is 2.08. The van der Waals surface area contributed by atoms with E-state index in [1.54, 1.807) is 60.7 Å². The average Bonchev–Trinajstić information content (AvgIpc) is 2.49. The smallest absolute Gasteiger partial charge is 0.435 e. The second kappa shape index (κ2) is 7.14. The van der Waals surface area contributed by atoms with E-state index in [1.165, 1.54) is 0 Å². The van der Waals surface area contributed by atoms with Crippen molar-refractivity contribution in [3.8, 4) is 11.5 Å². The van der Waals surface area contributed by atoms with Gasteiger partial charge in [-0.05, 0) is 24.3 Å². The fourth-order valence-corrected chi connectivity index (χ4v) is 1.61. The molecule has 1 N–H and O–H groups in total. The van der Waals surface area contributed by atoms with Gasteiger partial charge in [-0.3, -0.25) is 0 Å². The van der Waals surface area contributed by atoms with E-state index in [4.69, 9.17) is 14.6 Å². The Morgan fingerprint density at radius 3 is 1.81 bits per heavy atom. The van der Waals surface area contributed by atoms with Crippen LogP contribution in [0.3, 0.4) is 0 Å². The molecule has 0 atom stereocenters. The molecule has 0 fully saturated rings. The van der Waals surface area contributed by atoms with E-state index >= 15 is 0 Å². The number of rotatable bonds is 6. The molecule has 0 spiro atoms. The molecule has 21 heavy (non-hydrogen) atoms. The number of hydrogen-bond donors (Lipinski definition) is 1. The first-order valence-corrected chi connectivity index (χ1v) is 6.25. The van der Waals surface area contributed by atoms with Crippen LogP contribution >= 0.6 is 0 Å². The maximum Gasteiger partial charge on any atom is 0.435 e. The highest BCUT2D eigenvalue weighted by Crippen LogP contribution is 2.16. The molecule has 0 saturated heterocycles. The molecule has 2 rings (SSSR count). The van der Waals surface area contributed by atoms with Crippen LogP contribution in [0.25, 0.3) is 0 Å². The van der Waals surface area contributed by atoms with Crippen molar-refractivity contribution < 1.29 is 23.9 Å². The summed E-state index contributed by atoms with van der Waals surface area (Å²) in [5, 5.41) is 8.22. The summed E-state index contributed by atoms with van der Waals surface area (Å²) in [6.07, 6.45) is -2.80. The number of nitrogens with zero attached hydrogens (tertiary/aromatic N) is 1. The summed E-state index contributed by atoms with van der Waals surface area (Å²) in [4.78, 5) is 10.6. The van der Waals surface area contributed by atoms with Crippen molar-refractivity contribution in [2.24, 2.45) is 0 Å². The molecule has 2 aromatic carbocycles. The molecule has 0 heterocycles. The minimum absolute atomic E-state index is 0.378. The Bertz CT molecular complexity index is 523. The van der Waals surface area contributed by atoms with E-state index in [0.717, 1.165) is 0 Å². The predicted molar refractivity (Wildman–Crippen MR) is 73.8 cm³/mol. The van der Waals surface area contributed by atoms with Crippen LogP contribution in [0.2, 0.25) is 0 Å². The standard InChI is InChI=1S/C15H14FNO4/c16-17(15(18)19)11-14(20-12-7-3-1-4-8-12)21-13-9-5-2-6-10-13/h1-10,14H,11H2,(H,18,19). The molecular formula is C15H14FNO4. The third-order valence-corrected chi connectivity index (χ3v) is 2.54. The van der Waals surface area contributed by atoms with E-state index < -0.39 is 18.9 Å². The van der Waals surface area contributed by atoms with Gasteiger partial charge in [-0.25, -0.2) is 4.79 Å². The SMILES string of the molecule is O=C(O)N(F)CC(Oc1ccccc1)Oc1ccccc1. The van der Waals surface area contributed by atoms with Crippen molar-refractivity contribution in [2.45, 2.75) is 6.29 Å². The minimum atomic E-state index is -1.70. The zero-order valence-corrected chi connectivity index (χ0v) is 11.1. The fourth-order valence-electron chi connectivity index (χ4n) is 1.61. The lowest BCUT2D eigenvalue weighted by Gasteiger charge is -2.22. The Morgan fingerprint density at radius 1 is 1.00 bits per heavy atom. The van der Waals surface area contributed by atoms with Crippen molar-refractivity contribution in [3.05, 3.63) is 60.7 Å². The van der Waals surface area contributed by atoms with Crippen LogP contribution in [-0.4, -0.2) is 29.2 Å². The summed E-state index contributed by atoms with van der Waals surface area (Å²) in [5.41, 5.74) is 0. The topological polar surface area (TPSA) is 59.0 Å². The molecule has 1 amide bonds. The number of halogens is 1. The van der Waals surface area contributed by atoms with Crippen LogP contribution < -0.4 is 9.47 Å². The highest BCUT2D eigenvalue weighted by Gasteiger charge is 2.21. The van der Waals surface area contributed by atoms with Crippen LogP contribution in [-0.2, 0) is 0 Å². The molecule has 0 aliphatic carbocycles. The zero-order valence-electron chi connectivity index (χ0n) is 11.1. The normalized spacial score (nSPS) is 10.2. The van der Waals surface area contributed by atoms with Crippen molar-refractivity contribution >= 4 is 6.09 Å². The van der Waals surface area contributed by atoms with Gasteiger partial charge in [0.15, 0.2) is 0 Å². The first-order valence-electron chi connectivity index (χ1n) is 6.25. The van der Waals surface area contributed by atoms with Crippen molar-refractivity contribution in [3.63, 3.8) is 0 Å². The second-order valence-electron chi connectivity index (χ2n) is 4.12. The maximum absolute atomic E-state index is 13.3. The number of hydrogen-bond acceptors (Lipinski definition) is 3. The number of amides is 1. The van der Waals surface area contributed by atoms with Crippen LogP contribution in [0, 0.1) is 0 Å². The highest BCUT2D eigenvalue weighted by atomic mass is 19.2. The van der Waals surface area contributed by atoms with E-state index in [1.807, 2.05) is 0 Å². The molecule has 110 valence electrons. The number of para-hydroxylation sites is 2. The largest absolute Gasteiger partial charge is 0.463 e. The van der Waals surface area contributed by atoms with Crippen molar-refractivity contribution in [1.29, 1.82) is 0 Å². The van der Waals surface area contributed by atoms with Crippen LogP contribution in [0.1, 0.15) is 0 Å². The number of ether oxygens (including phenoxy) is 2. The molecule has 0 radical (unpaired) electrons. The Labute approximate surface area is 121 Å². The average molecular weight is 291 g/mol. The first-order chi connectivity index (χ1) is 10.1. The van der Waals surface area contributed by atoms with Crippen LogP contribution in [0.4, 0.5) is 9.28 Å². The van der Waals surface area contributed by atoms with Gasteiger partial charge in [0.2, 0.25) is 0 Å². The van der Waals surface area contributed by atoms with Crippen molar-refractivity contribution in [1.82, 2.24) is 5.12 Å². The van der Waals surface area contributed by atoms with Gasteiger partial charge in [0, 0.05) is 0 Å². The fraction of sp³-hybridized carbons (Fsp3) is 0.133. The predicted octanol–water partition coefficient (Wildman–Crippen LogP) is 3.34. The summed E-state index contributed by atoms with van der Waals surface area (Å²) >= 11 is 0. The third kappa shape index (κ3) is 4.68. The van der Waals surface area contributed by atoms with Crippen LogP contribution in [0.5, 0.6) is 11.5 Å². The summed E-state index contributed by atoms with van der Waals surface area (Å²) < 4.78 is 24.2. The number of carboxylic acid groups (broad SMARTS) is 1. The summed E-state index contributed by atoms with van der Waals surface area (Å²) in [5.74, 6) is 0.912. The molecule has 0 unspecified atom stereocenters. The number of carbonyl (C=O) groups is 1. The molecule has 0 aliphatic heterocycles. The van der Waals surface area contributed by atoms with Crippen molar-refractivity contribution in [2.75, 3.05) is 6.54 Å². The lowest BCUT2D eigenvalue weighted by molar-refractivity contribution is -0.0647. The van der Waals surface area contributed by atoms with Crippen LogP contribution in [0.15, 0.2) is 60.7 Å². The summed E-state index contributed by atoms with van der Waals surface area (Å²) in [6, 6.07) is 17.3. The zero-order chi connectivity index (χ0) is 15.1. The van der Waals surface area contributed by atoms with Gasteiger partial charge < -0.3 is 14.6 Å². The van der Waals surface area contributed by atoms with E-state index in [2.05, 4.69) is 0 Å². The first kappa shape index (κ1) is 14.6. The van der Waals surface area contributed by atoms with Gasteiger partial charge in [-0.15, -0.1) is 5.12 Å². The lowest BCUT2D eigenvalue weighted by Crippen LogP contribution is -2.37.